The molecule has 0 atom stereocenters. The molecule has 17 heavy (non-hydrogen) atoms. The summed E-state index contributed by atoms with van der Waals surface area (Å²) in [6.07, 6.45) is 0. The third-order valence-corrected chi connectivity index (χ3v) is 2.44. The summed E-state index contributed by atoms with van der Waals surface area (Å²) >= 11 is 5.81. The quantitative estimate of drug-likeness (QED) is 0.729. The Balaban J connectivity index is 2.34. The molecular weight excluding hydrogens is 238 g/mol. The van der Waals surface area contributed by atoms with Crippen molar-refractivity contribution in [2.75, 3.05) is 38.7 Å². The second kappa shape index (κ2) is 7.91. The second-order valence-electron chi connectivity index (χ2n) is 3.47. The first-order valence-corrected chi connectivity index (χ1v) is 5.79. The topological polar surface area (TPSA) is 57.1 Å². The van der Waals surface area contributed by atoms with Crippen LogP contribution in [0.2, 0.25) is 5.02 Å². The largest absolute Gasteiger partial charge is 0.383 e. The van der Waals surface area contributed by atoms with E-state index in [1.807, 2.05) is 6.07 Å². The van der Waals surface area contributed by atoms with Crippen LogP contribution in [-0.4, -0.2) is 33.4 Å². The minimum absolute atomic E-state index is 0.564. The number of halogens is 1. The number of ether oxygens (including phenoxy) is 1. The summed E-state index contributed by atoms with van der Waals surface area (Å²) in [4.78, 5) is 0. The van der Waals surface area contributed by atoms with Gasteiger partial charge in [-0.1, -0.05) is 11.6 Å². The third kappa shape index (κ3) is 5.05. The first kappa shape index (κ1) is 13.8. The molecule has 0 saturated heterocycles. The van der Waals surface area contributed by atoms with Gasteiger partial charge in [0.05, 0.1) is 17.9 Å². The van der Waals surface area contributed by atoms with Crippen molar-refractivity contribution < 1.29 is 4.74 Å². The van der Waals surface area contributed by atoms with Crippen LogP contribution >= 0.6 is 11.6 Å². The van der Waals surface area contributed by atoms with Crippen molar-refractivity contribution >= 4 is 17.3 Å². The number of hydrogen-bond acceptors (Lipinski definition) is 4. The van der Waals surface area contributed by atoms with Gasteiger partial charge in [0, 0.05) is 31.8 Å². The lowest BCUT2D eigenvalue weighted by atomic mass is 10.2. The molecule has 0 aliphatic rings. The molecule has 0 saturated carbocycles. The zero-order valence-electron chi connectivity index (χ0n) is 9.79. The summed E-state index contributed by atoms with van der Waals surface area (Å²) in [5.74, 6) is 0. The van der Waals surface area contributed by atoms with E-state index >= 15 is 0 Å². The van der Waals surface area contributed by atoms with Crippen molar-refractivity contribution in [1.29, 1.82) is 5.26 Å². The van der Waals surface area contributed by atoms with Gasteiger partial charge in [-0.25, -0.2) is 0 Å². The van der Waals surface area contributed by atoms with Crippen molar-refractivity contribution in [3.05, 3.63) is 28.8 Å². The number of anilines is 1. The predicted molar refractivity (Wildman–Crippen MR) is 69.4 cm³/mol. The fraction of sp³-hybridized carbons (Fsp3) is 0.417. The van der Waals surface area contributed by atoms with Gasteiger partial charge in [-0.2, -0.15) is 5.26 Å². The zero-order valence-corrected chi connectivity index (χ0v) is 10.5. The molecule has 5 heteroatoms. The second-order valence-corrected chi connectivity index (χ2v) is 3.91. The lowest BCUT2D eigenvalue weighted by Crippen LogP contribution is -2.25. The SMILES string of the molecule is COCCNCCNc1ccc(Cl)cc1C#N. The van der Waals surface area contributed by atoms with Crippen molar-refractivity contribution in [3.63, 3.8) is 0 Å². The van der Waals surface area contributed by atoms with Crippen LogP contribution in [0.3, 0.4) is 0 Å². The highest BCUT2D eigenvalue weighted by Gasteiger charge is 2.01. The average molecular weight is 254 g/mol. The molecule has 1 aromatic rings. The van der Waals surface area contributed by atoms with E-state index in [-0.39, 0.29) is 0 Å². The number of nitrogens with one attached hydrogen (secondary N) is 2. The van der Waals surface area contributed by atoms with E-state index in [1.54, 1.807) is 19.2 Å². The molecule has 0 aliphatic carbocycles. The average Bonchev–Trinajstić information content (AvgIpc) is 2.35. The third-order valence-electron chi connectivity index (χ3n) is 2.20. The highest BCUT2D eigenvalue weighted by molar-refractivity contribution is 6.30. The molecule has 0 radical (unpaired) electrons. The Morgan fingerprint density at radius 2 is 2.18 bits per heavy atom. The minimum atomic E-state index is 0.564. The van der Waals surface area contributed by atoms with Crippen LogP contribution in [0.5, 0.6) is 0 Å². The van der Waals surface area contributed by atoms with Crippen molar-refractivity contribution in [2.45, 2.75) is 0 Å². The summed E-state index contributed by atoms with van der Waals surface area (Å²) < 4.78 is 4.92. The molecule has 0 heterocycles. The van der Waals surface area contributed by atoms with E-state index in [0.29, 0.717) is 17.2 Å². The normalized spacial score (nSPS) is 9.94. The summed E-state index contributed by atoms with van der Waals surface area (Å²) in [5, 5.41) is 15.9. The van der Waals surface area contributed by atoms with E-state index in [9.17, 15) is 0 Å². The Bertz CT molecular complexity index is 390. The highest BCUT2D eigenvalue weighted by atomic mass is 35.5. The molecule has 0 aliphatic heterocycles. The van der Waals surface area contributed by atoms with Crippen LogP contribution in [0.15, 0.2) is 18.2 Å². The molecule has 4 nitrogen and oxygen atoms in total. The maximum absolute atomic E-state index is 8.93. The standard InChI is InChI=1S/C12H16ClN3O/c1-17-7-6-15-4-5-16-12-3-2-11(13)8-10(12)9-14/h2-3,8,15-16H,4-7H2,1H3. The molecule has 1 aromatic carbocycles. The van der Waals surface area contributed by atoms with E-state index < -0.39 is 0 Å². The molecule has 0 spiro atoms. The summed E-state index contributed by atoms with van der Waals surface area (Å²) in [7, 11) is 1.67. The van der Waals surface area contributed by atoms with Crippen molar-refractivity contribution in [3.8, 4) is 6.07 Å². The number of methoxy groups -OCH3 is 1. The van der Waals surface area contributed by atoms with Gasteiger partial charge >= 0.3 is 0 Å². The lowest BCUT2D eigenvalue weighted by molar-refractivity contribution is 0.200. The Morgan fingerprint density at radius 1 is 1.35 bits per heavy atom. The van der Waals surface area contributed by atoms with Crippen LogP contribution in [-0.2, 0) is 4.74 Å². The molecule has 0 unspecified atom stereocenters. The Kier molecular flexibility index (Phi) is 6.41. The first-order valence-electron chi connectivity index (χ1n) is 5.41. The van der Waals surface area contributed by atoms with Crippen molar-refractivity contribution in [2.24, 2.45) is 0 Å². The zero-order chi connectivity index (χ0) is 12.5. The maximum atomic E-state index is 8.93. The van der Waals surface area contributed by atoms with E-state index in [2.05, 4.69) is 16.7 Å². The Hall–Kier alpha value is -1.28. The van der Waals surface area contributed by atoms with Crippen LogP contribution in [0.1, 0.15) is 5.56 Å². The number of nitrogens with zero attached hydrogens (tertiary/aromatic N) is 1. The van der Waals surface area contributed by atoms with Crippen LogP contribution < -0.4 is 10.6 Å². The van der Waals surface area contributed by atoms with Crippen molar-refractivity contribution in [1.82, 2.24) is 5.32 Å². The van der Waals surface area contributed by atoms with Gasteiger partial charge in [0.25, 0.3) is 0 Å². The molecule has 0 bridgehead atoms. The van der Waals surface area contributed by atoms with Gasteiger partial charge in [-0.3, -0.25) is 0 Å². The molecule has 0 fully saturated rings. The van der Waals surface area contributed by atoms with Gasteiger partial charge in [-0.05, 0) is 18.2 Å². The molecule has 0 aromatic heterocycles. The fourth-order valence-corrected chi connectivity index (χ4v) is 1.52. The van der Waals surface area contributed by atoms with Gasteiger partial charge in [0.15, 0.2) is 0 Å². The molecule has 2 N–H and O–H groups in total. The lowest BCUT2D eigenvalue weighted by Gasteiger charge is -2.09. The maximum Gasteiger partial charge on any atom is 0.101 e. The van der Waals surface area contributed by atoms with Gasteiger partial charge < -0.3 is 15.4 Å². The van der Waals surface area contributed by atoms with Crippen LogP contribution in [0, 0.1) is 11.3 Å². The Morgan fingerprint density at radius 3 is 2.88 bits per heavy atom. The number of benzene rings is 1. The summed E-state index contributed by atoms with van der Waals surface area (Å²) in [6.45, 7) is 3.09. The monoisotopic (exact) mass is 253 g/mol. The first-order chi connectivity index (χ1) is 8.27. The van der Waals surface area contributed by atoms with Crippen LogP contribution in [0.4, 0.5) is 5.69 Å². The van der Waals surface area contributed by atoms with Gasteiger partial charge in [0.2, 0.25) is 0 Å². The molecule has 0 amide bonds. The molecular formula is C12H16ClN3O. The minimum Gasteiger partial charge on any atom is -0.383 e. The highest BCUT2D eigenvalue weighted by Crippen LogP contribution is 2.19. The van der Waals surface area contributed by atoms with E-state index in [4.69, 9.17) is 21.6 Å². The van der Waals surface area contributed by atoms with E-state index in [0.717, 1.165) is 25.3 Å². The predicted octanol–water partition coefficient (Wildman–Crippen LogP) is 1.86. The van der Waals surface area contributed by atoms with Gasteiger partial charge in [-0.15, -0.1) is 0 Å². The summed E-state index contributed by atoms with van der Waals surface area (Å²) in [6, 6.07) is 7.35. The van der Waals surface area contributed by atoms with Crippen LogP contribution in [0.25, 0.3) is 0 Å². The number of nitriles is 1. The van der Waals surface area contributed by atoms with E-state index in [1.165, 1.54) is 0 Å². The Labute approximate surface area is 107 Å². The number of rotatable bonds is 7. The molecule has 92 valence electrons. The number of hydrogen-bond donors (Lipinski definition) is 2. The van der Waals surface area contributed by atoms with Gasteiger partial charge in [0.1, 0.15) is 6.07 Å². The smallest absolute Gasteiger partial charge is 0.101 e. The summed E-state index contributed by atoms with van der Waals surface area (Å²) in [5.41, 5.74) is 1.37. The molecule has 1 rings (SSSR count). The fourth-order valence-electron chi connectivity index (χ4n) is 1.35.